The number of likely N-dealkylation sites (N-methyl/N-ethyl adjacent to an activating group) is 1. The molecule has 1 aromatic heterocycles. The Labute approximate surface area is 164 Å². The number of anilines is 2. The van der Waals surface area contributed by atoms with E-state index in [9.17, 15) is 0 Å². The fourth-order valence-electron chi connectivity index (χ4n) is 3.64. The molecule has 1 saturated heterocycles. The van der Waals surface area contributed by atoms with E-state index in [0.717, 1.165) is 72.0 Å². The van der Waals surface area contributed by atoms with Crippen LogP contribution < -0.4 is 5.32 Å². The van der Waals surface area contributed by atoms with Crippen molar-refractivity contribution in [2.75, 3.05) is 45.7 Å². The van der Waals surface area contributed by atoms with E-state index in [1.54, 1.807) is 18.4 Å². The van der Waals surface area contributed by atoms with Crippen molar-refractivity contribution in [2.45, 2.75) is 25.8 Å². The highest BCUT2D eigenvalue weighted by Gasteiger charge is 2.30. The van der Waals surface area contributed by atoms with Crippen molar-refractivity contribution in [3.8, 4) is 0 Å². The molecule has 27 heavy (non-hydrogen) atoms. The second-order valence-corrected chi connectivity index (χ2v) is 8.16. The topological polar surface area (TPSA) is 53.0 Å². The molecule has 0 radical (unpaired) electrons. The lowest BCUT2D eigenvalue weighted by atomic mass is 10.1. The molecule has 0 unspecified atom stereocenters. The molecule has 1 fully saturated rings. The number of hydrogen-bond acceptors (Lipinski definition) is 7. The lowest BCUT2D eigenvalue weighted by molar-refractivity contribution is 0.100. The Morgan fingerprint density at radius 3 is 2.96 bits per heavy atom. The number of aliphatic imine (C=N–C) groups is 1. The van der Waals surface area contributed by atoms with Crippen molar-refractivity contribution in [3.05, 3.63) is 35.0 Å². The number of thiazole rings is 1. The van der Waals surface area contributed by atoms with E-state index < -0.39 is 0 Å². The molecule has 2 aliphatic rings. The van der Waals surface area contributed by atoms with Crippen LogP contribution >= 0.6 is 11.3 Å². The van der Waals surface area contributed by atoms with Crippen LogP contribution in [0.5, 0.6) is 0 Å². The minimum atomic E-state index is 0.459. The van der Waals surface area contributed by atoms with Gasteiger partial charge in [-0.15, -0.1) is 11.3 Å². The van der Waals surface area contributed by atoms with Gasteiger partial charge in [0.25, 0.3) is 0 Å². The maximum atomic E-state index is 5.32. The molecular formula is C20H27N5OS. The number of benzene rings is 1. The van der Waals surface area contributed by atoms with Gasteiger partial charge in [-0.1, -0.05) is 19.1 Å². The van der Waals surface area contributed by atoms with E-state index >= 15 is 0 Å². The van der Waals surface area contributed by atoms with Crippen LogP contribution in [0.4, 0.5) is 16.4 Å². The number of aromatic nitrogens is 1. The highest BCUT2D eigenvalue weighted by atomic mass is 32.1. The first-order valence-electron chi connectivity index (χ1n) is 9.58. The number of para-hydroxylation sites is 2. The number of aryl methyl sites for hydroxylation is 1. The third-order valence-corrected chi connectivity index (χ3v) is 6.41. The van der Waals surface area contributed by atoms with E-state index in [2.05, 4.69) is 41.2 Å². The van der Waals surface area contributed by atoms with Crippen molar-refractivity contribution >= 4 is 33.5 Å². The molecule has 0 spiro atoms. The minimum absolute atomic E-state index is 0.459. The van der Waals surface area contributed by atoms with E-state index in [1.807, 2.05) is 12.1 Å². The maximum Gasteiger partial charge on any atom is 0.158 e. The van der Waals surface area contributed by atoms with Gasteiger partial charge >= 0.3 is 0 Å². The number of ether oxygens (including phenoxy) is 1. The highest BCUT2D eigenvalue weighted by Crippen LogP contribution is 2.38. The average molecular weight is 386 g/mol. The first kappa shape index (κ1) is 18.4. The van der Waals surface area contributed by atoms with Gasteiger partial charge in [0.1, 0.15) is 10.7 Å². The molecule has 2 aromatic rings. The summed E-state index contributed by atoms with van der Waals surface area (Å²) in [6.45, 7) is 5.85. The van der Waals surface area contributed by atoms with Crippen molar-refractivity contribution in [2.24, 2.45) is 4.99 Å². The predicted octanol–water partition coefficient (Wildman–Crippen LogP) is 3.49. The number of amidine groups is 1. The van der Waals surface area contributed by atoms with Gasteiger partial charge < -0.3 is 15.0 Å². The number of methoxy groups -OCH3 is 1. The summed E-state index contributed by atoms with van der Waals surface area (Å²) in [5.41, 5.74) is 3.01. The first-order valence-corrected chi connectivity index (χ1v) is 10.4. The Hall–Kier alpha value is -1.96. The Kier molecular flexibility index (Phi) is 5.43. The summed E-state index contributed by atoms with van der Waals surface area (Å²) >= 11 is 1.74. The number of piperazine rings is 1. The van der Waals surface area contributed by atoms with Gasteiger partial charge in [0.05, 0.1) is 16.4 Å². The molecule has 144 valence electrons. The fourth-order valence-corrected chi connectivity index (χ4v) is 4.55. The third kappa shape index (κ3) is 3.72. The van der Waals surface area contributed by atoms with Crippen LogP contribution in [-0.4, -0.2) is 67.1 Å². The molecule has 0 aliphatic carbocycles. The summed E-state index contributed by atoms with van der Waals surface area (Å²) in [7, 11) is 3.97. The van der Waals surface area contributed by atoms with Crippen molar-refractivity contribution in [1.29, 1.82) is 0 Å². The van der Waals surface area contributed by atoms with Gasteiger partial charge in [0.2, 0.25) is 0 Å². The summed E-state index contributed by atoms with van der Waals surface area (Å²) in [4.78, 5) is 14.8. The first-order chi connectivity index (χ1) is 13.2. The Morgan fingerprint density at radius 2 is 2.15 bits per heavy atom. The van der Waals surface area contributed by atoms with Gasteiger partial charge in [-0.3, -0.25) is 4.90 Å². The lowest BCUT2D eigenvalue weighted by Gasteiger charge is -2.40. The Bertz CT molecular complexity index is 834. The summed E-state index contributed by atoms with van der Waals surface area (Å²) in [5.74, 6) is 0.994. The van der Waals surface area contributed by atoms with Crippen LogP contribution in [0, 0.1) is 0 Å². The van der Waals surface area contributed by atoms with Gasteiger partial charge in [-0.25, -0.2) is 9.98 Å². The normalized spacial score (nSPS) is 19.7. The summed E-state index contributed by atoms with van der Waals surface area (Å²) in [5, 5.41) is 5.81. The third-order valence-electron chi connectivity index (χ3n) is 5.30. The molecule has 0 bridgehead atoms. The lowest BCUT2D eigenvalue weighted by Crippen LogP contribution is -2.53. The number of hydrogen-bond donors (Lipinski definition) is 1. The smallest absolute Gasteiger partial charge is 0.158 e. The van der Waals surface area contributed by atoms with Crippen LogP contribution in [0.15, 0.2) is 29.3 Å². The molecule has 7 heteroatoms. The zero-order valence-electron chi connectivity index (χ0n) is 16.2. The number of fused-ring (bicyclic) bond motifs is 2. The fraction of sp³-hybridized carbons (Fsp3) is 0.500. The molecule has 1 aromatic carbocycles. The second-order valence-electron chi connectivity index (χ2n) is 7.08. The van der Waals surface area contributed by atoms with Crippen LogP contribution in [0.3, 0.4) is 0 Å². The molecule has 4 rings (SSSR count). The number of nitrogens with zero attached hydrogens (tertiary/aromatic N) is 4. The van der Waals surface area contributed by atoms with Crippen LogP contribution in [0.25, 0.3) is 0 Å². The maximum absolute atomic E-state index is 5.32. The van der Waals surface area contributed by atoms with Crippen molar-refractivity contribution < 1.29 is 4.74 Å². The zero-order chi connectivity index (χ0) is 18.8. The SMILES string of the molecule is CCc1nc2c(s1)Nc1ccccc1N=C2N1CCN(C)[C@@H](CCOC)C1. The van der Waals surface area contributed by atoms with Crippen LogP contribution in [-0.2, 0) is 11.2 Å². The van der Waals surface area contributed by atoms with E-state index in [1.165, 1.54) is 0 Å². The average Bonchev–Trinajstić information content (AvgIpc) is 3.02. The van der Waals surface area contributed by atoms with E-state index in [0.29, 0.717) is 6.04 Å². The summed E-state index contributed by atoms with van der Waals surface area (Å²) in [6.07, 6.45) is 1.96. The van der Waals surface area contributed by atoms with Gasteiger partial charge in [-0.05, 0) is 32.0 Å². The van der Waals surface area contributed by atoms with Gasteiger partial charge in [0.15, 0.2) is 5.84 Å². The Balaban J connectivity index is 1.71. The van der Waals surface area contributed by atoms with E-state index in [4.69, 9.17) is 14.7 Å². The van der Waals surface area contributed by atoms with Crippen LogP contribution in [0.1, 0.15) is 24.0 Å². The van der Waals surface area contributed by atoms with E-state index in [-0.39, 0.29) is 0 Å². The van der Waals surface area contributed by atoms with Gasteiger partial charge in [0, 0.05) is 39.4 Å². The standard InChI is InChI=1S/C20H27N5OS/c1-4-17-23-18-19(25-11-10-24(2)14(13-25)9-12-26-3)21-15-7-5-6-8-16(15)22-20(18)27-17/h5-8,14,22H,4,9-13H2,1-3H3/t14-/m0/s1. The summed E-state index contributed by atoms with van der Waals surface area (Å²) in [6, 6.07) is 8.70. The number of rotatable bonds is 4. The zero-order valence-corrected chi connectivity index (χ0v) is 17.1. The molecule has 0 saturated carbocycles. The van der Waals surface area contributed by atoms with Gasteiger partial charge in [-0.2, -0.15) is 0 Å². The molecule has 3 heterocycles. The van der Waals surface area contributed by atoms with Crippen LogP contribution in [0.2, 0.25) is 0 Å². The minimum Gasteiger partial charge on any atom is -0.385 e. The highest BCUT2D eigenvalue weighted by molar-refractivity contribution is 7.16. The molecule has 2 aliphatic heterocycles. The second kappa shape index (κ2) is 7.96. The molecule has 6 nitrogen and oxygen atoms in total. The predicted molar refractivity (Wildman–Crippen MR) is 112 cm³/mol. The largest absolute Gasteiger partial charge is 0.385 e. The number of nitrogens with one attached hydrogen (secondary N) is 1. The molecule has 1 atom stereocenters. The quantitative estimate of drug-likeness (QED) is 0.873. The molecule has 1 N–H and O–H groups in total. The monoisotopic (exact) mass is 385 g/mol. The van der Waals surface area contributed by atoms with Crippen molar-refractivity contribution in [3.63, 3.8) is 0 Å². The molecule has 0 amide bonds. The molecular weight excluding hydrogens is 358 g/mol. The Morgan fingerprint density at radius 1 is 1.30 bits per heavy atom. The summed E-state index contributed by atoms with van der Waals surface area (Å²) < 4.78 is 5.32. The van der Waals surface area contributed by atoms with Crippen molar-refractivity contribution in [1.82, 2.24) is 14.8 Å².